The summed E-state index contributed by atoms with van der Waals surface area (Å²) in [4.78, 5) is 8.75. The number of hydrogen-bond donors (Lipinski definition) is 2. The third kappa shape index (κ3) is 8.92. The van der Waals surface area contributed by atoms with Crippen molar-refractivity contribution in [3.63, 3.8) is 0 Å². The first kappa shape index (κ1) is 20.2. The summed E-state index contributed by atoms with van der Waals surface area (Å²) >= 11 is 0. The number of nitrogens with zero attached hydrogens (tertiary/aromatic N) is 3. The van der Waals surface area contributed by atoms with Crippen molar-refractivity contribution in [1.29, 1.82) is 0 Å². The molecule has 0 aliphatic rings. The summed E-state index contributed by atoms with van der Waals surface area (Å²) in [5, 5.41) is 6.46. The van der Waals surface area contributed by atoms with Gasteiger partial charge in [0.25, 0.3) is 0 Å². The second-order valence-electron chi connectivity index (χ2n) is 4.56. The Kier molecular flexibility index (Phi) is 12.4. The monoisotopic (exact) mass is 409 g/mol. The van der Waals surface area contributed by atoms with Crippen LogP contribution < -0.4 is 10.6 Å². The largest absolute Gasteiger partial charge is 0.383 e. The number of aryl methyl sites for hydroxylation is 2. The van der Waals surface area contributed by atoms with Gasteiger partial charge in [-0.2, -0.15) is 0 Å². The smallest absolute Gasteiger partial charge is 0.191 e. The van der Waals surface area contributed by atoms with E-state index in [2.05, 4.69) is 32.1 Å². The topological polar surface area (TPSA) is 63.5 Å². The van der Waals surface area contributed by atoms with Crippen LogP contribution in [-0.2, 0) is 11.3 Å². The molecule has 0 saturated heterocycles. The molecular weight excluding hydrogens is 381 g/mol. The number of nitrogens with one attached hydrogen (secondary N) is 2. The third-order valence-corrected chi connectivity index (χ3v) is 2.94. The van der Waals surface area contributed by atoms with Gasteiger partial charge in [-0.25, -0.2) is 4.98 Å². The Morgan fingerprint density at radius 3 is 2.81 bits per heavy atom. The van der Waals surface area contributed by atoms with E-state index in [1.54, 1.807) is 7.11 Å². The maximum absolute atomic E-state index is 5.01. The Balaban J connectivity index is 0.00000400. The third-order valence-electron chi connectivity index (χ3n) is 2.94. The zero-order valence-electron chi connectivity index (χ0n) is 13.3. The molecule has 1 aromatic heterocycles. The number of aliphatic imine (C=N–C) groups is 1. The van der Waals surface area contributed by atoms with E-state index in [9.17, 15) is 0 Å². The molecule has 1 aromatic rings. The second kappa shape index (κ2) is 12.9. The quantitative estimate of drug-likeness (QED) is 0.283. The van der Waals surface area contributed by atoms with E-state index in [1.165, 1.54) is 0 Å². The lowest BCUT2D eigenvalue weighted by Gasteiger charge is -2.10. The van der Waals surface area contributed by atoms with Gasteiger partial charge in [0.05, 0.1) is 6.61 Å². The summed E-state index contributed by atoms with van der Waals surface area (Å²) in [6.07, 6.45) is 6.04. The number of ether oxygens (including phenoxy) is 1. The van der Waals surface area contributed by atoms with Crippen molar-refractivity contribution in [2.24, 2.45) is 4.99 Å². The van der Waals surface area contributed by atoms with Gasteiger partial charge >= 0.3 is 0 Å². The van der Waals surface area contributed by atoms with E-state index in [0.29, 0.717) is 6.61 Å². The normalized spacial score (nSPS) is 11.1. The molecule has 1 rings (SSSR count). The highest BCUT2D eigenvalue weighted by Crippen LogP contribution is 1.99. The molecule has 6 nitrogen and oxygen atoms in total. The van der Waals surface area contributed by atoms with Crippen LogP contribution in [0.2, 0.25) is 0 Å². The number of imidazole rings is 1. The zero-order chi connectivity index (χ0) is 14.6. The highest BCUT2D eigenvalue weighted by Gasteiger charge is 1.97. The number of rotatable bonds is 9. The molecule has 0 radical (unpaired) electrons. The van der Waals surface area contributed by atoms with Crippen molar-refractivity contribution in [3.05, 3.63) is 18.2 Å². The Labute approximate surface area is 144 Å². The average molecular weight is 409 g/mol. The minimum Gasteiger partial charge on any atom is -0.383 e. The van der Waals surface area contributed by atoms with Gasteiger partial charge in [-0.3, -0.25) is 4.99 Å². The molecule has 122 valence electrons. The number of halogens is 1. The van der Waals surface area contributed by atoms with E-state index in [0.717, 1.165) is 50.8 Å². The molecule has 21 heavy (non-hydrogen) atoms. The van der Waals surface area contributed by atoms with Gasteiger partial charge in [0.2, 0.25) is 0 Å². The maximum Gasteiger partial charge on any atom is 0.191 e. The van der Waals surface area contributed by atoms with Crippen molar-refractivity contribution in [2.45, 2.75) is 33.2 Å². The Bertz CT molecular complexity index is 394. The lowest BCUT2D eigenvalue weighted by Crippen LogP contribution is -2.39. The minimum absolute atomic E-state index is 0. The number of methoxy groups -OCH3 is 1. The molecule has 0 bridgehead atoms. The van der Waals surface area contributed by atoms with Gasteiger partial charge in [0.1, 0.15) is 5.82 Å². The van der Waals surface area contributed by atoms with Crippen molar-refractivity contribution in [2.75, 3.05) is 33.4 Å². The second-order valence-corrected chi connectivity index (χ2v) is 4.56. The number of hydrogen-bond acceptors (Lipinski definition) is 3. The fourth-order valence-corrected chi connectivity index (χ4v) is 1.84. The van der Waals surface area contributed by atoms with Gasteiger partial charge in [0, 0.05) is 45.7 Å². The van der Waals surface area contributed by atoms with E-state index in [1.807, 2.05) is 19.3 Å². The van der Waals surface area contributed by atoms with Gasteiger partial charge in [0.15, 0.2) is 5.96 Å². The Morgan fingerprint density at radius 2 is 2.19 bits per heavy atom. The highest BCUT2D eigenvalue weighted by atomic mass is 127. The van der Waals surface area contributed by atoms with Crippen LogP contribution in [0.1, 0.15) is 25.6 Å². The van der Waals surface area contributed by atoms with Crippen molar-refractivity contribution in [1.82, 2.24) is 20.2 Å². The van der Waals surface area contributed by atoms with Crippen LogP contribution in [-0.4, -0.2) is 48.9 Å². The predicted molar refractivity (Wildman–Crippen MR) is 97.5 cm³/mol. The summed E-state index contributed by atoms with van der Waals surface area (Å²) in [7, 11) is 1.70. The first-order valence-corrected chi connectivity index (χ1v) is 7.26. The number of unbranched alkanes of at least 4 members (excludes halogenated alkanes) is 1. The average Bonchev–Trinajstić information content (AvgIpc) is 2.84. The predicted octanol–water partition coefficient (Wildman–Crippen LogP) is 1.79. The molecule has 0 aromatic carbocycles. The molecule has 0 unspecified atom stereocenters. The molecule has 1 heterocycles. The van der Waals surface area contributed by atoms with Crippen molar-refractivity contribution >= 4 is 29.9 Å². The van der Waals surface area contributed by atoms with Crippen LogP contribution >= 0.6 is 24.0 Å². The van der Waals surface area contributed by atoms with E-state index in [4.69, 9.17) is 4.74 Å². The SMILES string of the molecule is CCNC(=NCCCCn1ccnc1C)NCCOC.I. The van der Waals surface area contributed by atoms with Gasteiger partial charge < -0.3 is 19.9 Å². The first-order valence-electron chi connectivity index (χ1n) is 7.26. The fraction of sp³-hybridized carbons (Fsp3) is 0.714. The standard InChI is InChI=1S/C14H27N5O.HI/c1-4-15-14(18-9-12-20-3)17-7-5-6-10-19-11-8-16-13(19)2;/h8,11H,4-7,9-10,12H2,1-3H3,(H2,15,17,18);1H. The van der Waals surface area contributed by atoms with Crippen LogP contribution in [0.25, 0.3) is 0 Å². The lowest BCUT2D eigenvalue weighted by molar-refractivity contribution is 0.203. The molecule has 0 spiro atoms. The maximum atomic E-state index is 5.01. The van der Waals surface area contributed by atoms with Crippen LogP contribution in [0.5, 0.6) is 0 Å². The van der Waals surface area contributed by atoms with Gasteiger partial charge in [-0.1, -0.05) is 0 Å². The number of guanidine groups is 1. The van der Waals surface area contributed by atoms with E-state index >= 15 is 0 Å². The summed E-state index contributed by atoms with van der Waals surface area (Å²) < 4.78 is 7.18. The molecule has 7 heteroatoms. The molecule has 0 atom stereocenters. The summed E-state index contributed by atoms with van der Waals surface area (Å²) in [6.45, 7) is 8.26. The molecular formula is C14H28IN5O. The van der Waals surface area contributed by atoms with Gasteiger partial charge in [-0.15, -0.1) is 24.0 Å². The molecule has 0 aliphatic heterocycles. The number of aromatic nitrogens is 2. The Morgan fingerprint density at radius 1 is 1.38 bits per heavy atom. The van der Waals surface area contributed by atoms with Crippen molar-refractivity contribution in [3.8, 4) is 0 Å². The minimum atomic E-state index is 0. The summed E-state index contributed by atoms with van der Waals surface area (Å²) in [5.41, 5.74) is 0. The van der Waals surface area contributed by atoms with Crippen LogP contribution in [0.4, 0.5) is 0 Å². The first-order chi connectivity index (χ1) is 9.77. The Hall–Kier alpha value is -0.830. The van der Waals surface area contributed by atoms with E-state index < -0.39 is 0 Å². The zero-order valence-corrected chi connectivity index (χ0v) is 15.6. The van der Waals surface area contributed by atoms with E-state index in [-0.39, 0.29) is 24.0 Å². The summed E-state index contributed by atoms with van der Waals surface area (Å²) in [6, 6.07) is 0. The van der Waals surface area contributed by atoms with Gasteiger partial charge in [-0.05, 0) is 26.7 Å². The van der Waals surface area contributed by atoms with Crippen LogP contribution in [0, 0.1) is 6.92 Å². The molecule has 0 amide bonds. The summed E-state index contributed by atoms with van der Waals surface area (Å²) in [5.74, 6) is 1.94. The lowest BCUT2D eigenvalue weighted by atomic mass is 10.3. The van der Waals surface area contributed by atoms with Crippen molar-refractivity contribution < 1.29 is 4.74 Å². The van der Waals surface area contributed by atoms with Crippen LogP contribution in [0.3, 0.4) is 0 Å². The molecule has 0 aliphatic carbocycles. The molecule has 0 fully saturated rings. The fourth-order valence-electron chi connectivity index (χ4n) is 1.84. The molecule has 2 N–H and O–H groups in total. The molecule has 0 saturated carbocycles. The van der Waals surface area contributed by atoms with Crippen LogP contribution in [0.15, 0.2) is 17.4 Å². The highest BCUT2D eigenvalue weighted by molar-refractivity contribution is 14.0.